The number of para-hydroxylation sites is 1. The third-order valence-electron chi connectivity index (χ3n) is 2.22. The van der Waals surface area contributed by atoms with E-state index < -0.39 is 23.6 Å². The molecule has 0 aliphatic rings. The van der Waals surface area contributed by atoms with E-state index in [-0.39, 0.29) is 16.5 Å². The lowest BCUT2D eigenvalue weighted by atomic mass is 10.3. The van der Waals surface area contributed by atoms with Gasteiger partial charge in [-0.3, -0.25) is 0 Å². The first kappa shape index (κ1) is 14.3. The van der Waals surface area contributed by atoms with Crippen LogP contribution in [0.3, 0.4) is 0 Å². The van der Waals surface area contributed by atoms with E-state index in [0.29, 0.717) is 0 Å². The van der Waals surface area contributed by atoms with Crippen LogP contribution in [-0.4, -0.2) is 9.97 Å². The van der Waals surface area contributed by atoms with Gasteiger partial charge >= 0.3 is 6.18 Å². The fraction of sp³-hybridized carbons (Fsp3) is 0.0909. The molecule has 2 aromatic rings. The minimum atomic E-state index is -4.76. The Bertz CT molecular complexity index is 625. The molecule has 1 aromatic heterocycles. The third-order valence-corrected chi connectivity index (χ3v) is 2.53. The Labute approximate surface area is 115 Å². The van der Waals surface area contributed by atoms with Crippen LogP contribution in [0.4, 0.5) is 34.9 Å². The van der Waals surface area contributed by atoms with Crippen LogP contribution < -0.4 is 11.1 Å². The van der Waals surface area contributed by atoms with E-state index in [9.17, 15) is 17.6 Å². The van der Waals surface area contributed by atoms with Crippen LogP contribution in [0.1, 0.15) is 5.82 Å². The van der Waals surface area contributed by atoms with Gasteiger partial charge in [-0.15, -0.1) is 0 Å². The van der Waals surface area contributed by atoms with Gasteiger partial charge in [0.25, 0.3) is 0 Å². The normalized spacial score (nSPS) is 11.4. The molecular formula is C11H7ClF4N4. The number of nitrogens with two attached hydrogens (primary N) is 1. The van der Waals surface area contributed by atoms with E-state index in [1.807, 2.05) is 0 Å². The predicted octanol–water partition coefficient (Wildman–Crippen LogP) is 3.61. The van der Waals surface area contributed by atoms with E-state index in [2.05, 4.69) is 15.3 Å². The Morgan fingerprint density at radius 3 is 2.50 bits per heavy atom. The lowest BCUT2D eigenvalue weighted by molar-refractivity contribution is -0.144. The van der Waals surface area contributed by atoms with E-state index in [4.69, 9.17) is 17.3 Å². The second kappa shape index (κ2) is 5.12. The quantitative estimate of drug-likeness (QED) is 0.832. The number of benzene rings is 1. The molecule has 0 bridgehead atoms. The van der Waals surface area contributed by atoms with Crippen molar-refractivity contribution in [1.82, 2.24) is 9.97 Å². The first-order valence-corrected chi connectivity index (χ1v) is 5.58. The van der Waals surface area contributed by atoms with Gasteiger partial charge in [0.1, 0.15) is 17.5 Å². The summed E-state index contributed by atoms with van der Waals surface area (Å²) in [5.41, 5.74) is 5.07. The first-order valence-electron chi connectivity index (χ1n) is 5.20. The van der Waals surface area contributed by atoms with Gasteiger partial charge in [-0.1, -0.05) is 17.7 Å². The summed E-state index contributed by atoms with van der Waals surface area (Å²) in [6.45, 7) is 0. The Morgan fingerprint density at radius 2 is 1.90 bits per heavy atom. The Kier molecular flexibility index (Phi) is 3.67. The number of nitrogen functional groups attached to an aromatic ring is 1. The van der Waals surface area contributed by atoms with Crippen LogP contribution in [0.15, 0.2) is 24.3 Å². The Balaban J connectivity index is 2.42. The predicted molar refractivity (Wildman–Crippen MR) is 66.1 cm³/mol. The monoisotopic (exact) mass is 306 g/mol. The van der Waals surface area contributed by atoms with E-state index in [0.717, 1.165) is 12.1 Å². The number of anilines is 3. The first-order chi connectivity index (χ1) is 9.27. The summed E-state index contributed by atoms with van der Waals surface area (Å²) in [4.78, 5) is 6.30. The molecule has 0 spiro atoms. The summed E-state index contributed by atoms with van der Waals surface area (Å²) < 4.78 is 51.1. The van der Waals surface area contributed by atoms with Gasteiger partial charge in [-0.2, -0.15) is 13.2 Å². The lowest BCUT2D eigenvalue weighted by Crippen LogP contribution is -2.13. The molecule has 1 heterocycles. The number of nitrogens with one attached hydrogen (secondary N) is 1. The number of rotatable bonds is 2. The van der Waals surface area contributed by atoms with Gasteiger partial charge in [-0.25, -0.2) is 14.4 Å². The molecule has 0 radical (unpaired) electrons. The van der Waals surface area contributed by atoms with Crippen LogP contribution in [-0.2, 0) is 6.18 Å². The second-order valence-corrected chi connectivity index (χ2v) is 4.13. The number of hydrogen-bond acceptors (Lipinski definition) is 4. The lowest BCUT2D eigenvalue weighted by Gasteiger charge is -2.11. The number of halogens is 5. The van der Waals surface area contributed by atoms with Crippen LogP contribution >= 0.6 is 11.6 Å². The van der Waals surface area contributed by atoms with Crippen LogP contribution in [0.2, 0.25) is 5.02 Å². The molecule has 4 nitrogen and oxygen atoms in total. The summed E-state index contributed by atoms with van der Waals surface area (Å²) in [6.07, 6.45) is -4.76. The molecule has 9 heteroatoms. The minimum Gasteiger partial charge on any atom is -0.384 e. The molecule has 106 valence electrons. The van der Waals surface area contributed by atoms with Gasteiger partial charge in [0.05, 0.1) is 10.7 Å². The average Bonchev–Trinajstić information content (AvgIpc) is 2.32. The van der Waals surface area contributed by atoms with Gasteiger partial charge in [0.15, 0.2) is 0 Å². The summed E-state index contributed by atoms with van der Waals surface area (Å²) >= 11 is 5.75. The van der Waals surface area contributed by atoms with Crippen molar-refractivity contribution in [3.63, 3.8) is 0 Å². The molecule has 0 fully saturated rings. The summed E-state index contributed by atoms with van der Waals surface area (Å²) in [7, 11) is 0. The molecule has 2 rings (SSSR count). The molecule has 0 saturated carbocycles. The van der Waals surface area contributed by atoms with Gasteiger partial charge in [-0.05, 0) is 12.1 Å². The molecule has 1 aromatic carbocycles. The van der Waals surface area contributed by atoms with Gasteiger partial charge < -0.3 is 11.1 Å². The maximum Gasteiger partial charge on any atom is 0.451 e. The molecule has 0 amide bonds. The van der Waals surface area contributed by atoms with Gasteiger partial charge in [0.2, 0.25) is 5.82 Å². The van der Waals surface area contributed by atoms with Crippen LogP contribution in [0, 0.1) is 5.82 Å². The van der Waals surface area contributed by atoms with E-state index in [1.54, 1.807) is 0 Å². The molecule has 3 N–H and O–H groups in total. The molecule has 20 heavy (non-hydrogen) atoms. The van der Waals surface area contributed by atoms with Crippen molar-refractivity contribution in [2.45, 2.75) is 6.18 Å². The van der Waals surface area contributed by atoms with Crippen LogP contribution in [0.25, 0.3) is 0 Å². The number of hydrogen-bond donors (Lipinski definition) is 2. The highest BCUT2D eigenvalue weighted by Gasteiger charge is 2.35. The molecule has 0 aliphatic carbocycles. The van der Waals surface area contributed by atoms with E-state index >= 15 is 0 Å². The zero-order chi connectivity index (χ0) is 14.9. The zero-order valence-electron chi connectivity index (χ0n) is 9.67. The largest absolute Gasteiger partial charge is 0.451 e. The van der Waals surface area contributed by atoms with Gasteiger partial charge in [0, 0.05) is 6.07 Å². The SMILES string of the molecule is Nc1cc(Nc2c(F)cccc2Cl)nc(C(F)(F)F)n1. The molecule has 0 atom stereocenters. The average molecular weight is 307 g/mol. The number of nitrogens with zero attached hydrogens (tertiary/aromatic N) is 2. The fourth-order valence-corrected chi connectivity index (χ4v) is 1.61. The summed E-state index contributed by atoms with van der Waals surface area (Å²) in [6, 6.07) is 4.88. The van der Waals surface area contributed by atoms with Crippen molar-refractivity contribution >= 4 is 28.9 Å². The summed E-state index contributed by atoms with van der Waals surface area (Å²) in [5.74, 6) is -2.87. The second-order valence-electron chi connectivity index (χ2n) is 3.72. The maximum absolute atomic E-state index is 13.5. The van der Waals surface area contributed by atoms with E-state index in [1.165, 1.54) is 12.1 Å². The van der Waals surface area contributed by atoms with Crippen molar-refractivity contribution in [3.05, 3.63) is 40.9 Å². The summed E-state index contributed by atoms with van der Waals surface area (Å²) in [5, 5.41) is 2.35. The highest BCUT2D eigenvalue weighted by atomic mass is 35.5. The van der Waals surface area contributed by atoms with Crippen molar-refractivity contribution in [1.29, 1.82) is 0 Å². The third kappa shape index (κ3) is 3.08. The topological polar surface area (TPSA) is 63.8 Å². The number of aromatic nitrogens is 2. The standard InChI is InChI=1S/C11H7ClF4N4/c12-5-2-1-3-6(13)9(5)19-8-4-7(17)18-10(20-8)11(14,15)16/h1-4H,(H3,17,18,19,20). The highest BCUT2D eigenvalue weighted by Crippen LogP contribution is 2.31. The van der Waals surface area contributed by atoms with Crippen molar-refractivity contribution in [2.24, 2.45) is 0 Å². The Hall–Kier alpha value is -2.09. The molecule has 0 saturated heterocycles. The molecule has 0 aliphatic heterocycles. The maximum atomic E-state index is 13.5. The molecular weight excluding hydrogens is 300 g/mol. The molecule has 0 unspecified atom stereocenters. The van der Waals surface area contributed by atoms with Crippen molar-refractivity contribution in [2.75, 3.05) is 11.1 Å². The highest BCUT2D eigenvalue weighted by molar-refractivity contribution is 6.33. The zero-order valence-corrected chi connectivity index (χ0v) is 10.4. The Morgan fingerprint density at radius 1 is 1.20 bits per heavy atom. The fourth-order valence-electron chi connectivity index (χ4n) is 1.40. The van der Waals surface area contributed by atoms with Crippen molar-refractivity contribution < 1.29 is 17.6 Å². The minimum absolute atomic E-state index is 0.00394. The van der Waals surface area contributed by atoms with Crippen molar-refractivity contribution in [3.8, 4) is 0 Å². The van der Waals surface area contributed by atoms with Crippen LogP contribution in [0.5, 0.6) is 0 Å². The number of alkyl halides is 3. The smallest absolute Gasteiger partial charge is 0.384 e.